The highest BCUT2D eigenvalue weighted by molar-refractivity contribution is 5.29. The SMILES string of the molecule is COc1cccnc1C(O)C1CC1C. The summed E-state index contributed by atoms with van der Waals surface area (Å²) >= 11 is 0. The molecule has 3 nitrogen and oxygen atoms in total. The van der Waals surface area contributed by atoms with Crippen LogP contribution in [0.1, 0.15) is 25.1 Å². The fourth-order valence-electron chi connectivity index (χ4n) is 1.79. The zero-order chi connectivity index (χ0) is 10.1. The van der Waals surface area contributed by atoms with Crippen molar-refractivity contribution in [3.05, 3.63) is 24.0 Å². The summed E-state index contributed by atoms with van der Waals surface area (Å²) in [6.07, 6.45) is 2.30. The average Bonchev–Trinajstić information content (AvgIpc) is 2.94. The van der Waals surface area contributed by atoms with Crippen molar-refractivity contribution >= 4 is 0 Å². The molecule has 0 aromatic carbocycles. The lowest BCUT2D eigenvalue weighted by atomic mass is 10.1. The fourth-order valence-corrected chi connectivity index (χ4v) is 1.79. The Morgan fingerprint density at radius 3 is 2.93 bits per heavy atom. The molecule has 1 fully saturated rings. The Bertz CT molecular complexity index is 327. The maximum atomic E-state index is 10.0. The van der Waals surface area contributed by atoms with E-state index >= 15 is 0 Å². The van der Waals surface area contributed by atoms with Crippen LogP contribution in [0.5, 0.6) is 5.75 Å². The lowest BCUT2D eigenvalue weighted by Crippen LogP contribution is -2.05. The van der Waals surface area contributed by atoms with Crippen molar-refractivity contribution in [2.24, 2.45) is 11.8 Å². The van der Waals surface area contributed by atoms with Gasteiger partial charge in [0.15, 0.2) is 0 Å². The van der Waals surface area contributed by atoms with Crippen LogP contribution in [-0.2, 0) is 0 Å². The van der Waals surface area contributed by atoms with Gasteiger partial charge in [-0.25, -0.2) is 0 Å². The van der Waals surface area contributed by atoms with E-state index in [4.69, 9.17) is 4.74 Å². The molecule has 1 aromatic rings. The van der Waals surface area contributed by atoms with Crippen LogP contribution in [0.2, 0.25) is 0 Å². The number of nitrogens with zero attached hydrogens (tertiary/aromatic N) is 1. The Morgan fingerprint density at radius 1 is 1.64 bits per heavy atom. The lowest BCUT2D eigenvalue weighted by Gasteiger charge is -2.12. The molecule has 2 rings (SSSR count). The molecular weight excluding hydrogens is 178 g/mol. The molecule has 1 heterocycles. The highest BCUT2D eigenvalue weighted by Crippen LogP contribution is 2.47. The van der Waals surface area contributed by atoms with E-state index in [1.807, 2.05) is 12.1 Å². The second-order valence-electron chi connectivity index (χ2n) is 3.91. The van der Waals surface area contributed by atoms with E-state index in [1.165, 1.54) is 0 Å². The maximum Gasteiger partial charge on any atom is 0.143 e. The second-order valence-corrected chi connectivity index (χ2v) is 3.91. The molecule has 3 atom stereocenters. The summed E-state index contributed by atoms with van der Waals surface area (Å²) < 4.78 is 5.16. The van der Waals surface area contributed by atoms with E-state index in [9.17, 15) is 5.11 Å². The van der Waals surface area contributed by atoms with Gasteiger partial charge in [0.1, 0.15) is 17.5 Å². The van der Waals surface area contributed by atoms with E-state index in [2.05, 4.69) is 11.9 Å². The lowest BCUT2D eigenvalue weighted by molar-refractivity contribution is 0.139. The number of aliphatic hydroxyl groups is 1. The number of aliphatic hydroxyl groups excluding tert-OH is 1. The predicted octanol–water partition coefficient (Wildman–Crippen LogP) is 1.78. The predicted molar refractivity (Wildman–Crippen MR) is 53.0 cm³/mol. The van der Waals surface area contributed by atoms with Crippen LogP contribution in [0.3, 0.4) is 0 Å². The van der Waals surface area contributed by atoms with Gasteiger partial charge < -0.3 is 9.84 Å². The van der Waals surface area contributed by atoms with Crippen molar-refractivity contribution in [2.45, 2.75) is 19.4 Å². The summed E-state index contributed by atoms with van der Waals surface area (Å²) in [4.78, 5) is 4.17. The van der Waals surface area contributed by atoms with Crippen molar-refractivity contribution in [1.29, 1.82) is 0 Å². The highest BCUT2D eigenvalue weighted by atomic mass is 16.5. The molecule has 3 heteroatoms. The van der Waals surface area contributed by atoms with Crippen LogP contribution >= 0.6 is 0 Å². The Kier molecular flexibility index (Phi) is 2.42. The Morgan fingerprint density at radius 2 is 2.36 bits per heavy atom. The van der Waals surface area contributed by atoms with Crippen LogP contribution in [0.15, 0.2) is 18.3 Å². The molecule has 1 aliphatic rings. The monoisotopic (exact) mass is 193 g/mol. The van der Waals surface area contributed by atoms with Crippen LogP contribution in [-0.4, -0.2) is 17.2 Å². The third kappa shape index (κ3) is 1.60. The van der Waals surface area contributed by atoms with Gasteiger partial charge >= 0.3 is 0 Å². The Hall–Kier alpha value is -1.09. The molecule has 1 N–H and O–H groups in total. The Labute approximate surface area is 83.7 Å². The minimum Gasteiger partial charge on any atom is -0.495 e. The summed E-state index contributed by atoms with van der Waals surface area (Å²) in [6.45, 7) is 2.14. The van der Waals surface area contributed by atoms with Crippen LogP contribution in [0.4, 0.5) is 0 Å². The zero-order valence-electron chi connectivity index (χ0n) is 8.47. The number of rotatable bonds is 3. The van der Waals surface area contributed by atoms with E-state index in [-0.39, 0.29) is 0 Å². The molecule has 1 aliphatic carbocycles. The Balaban J connectivity index is 2.22. The minimum absolute atomic E-state index is 0.360. The molecule has 0 spiro atoms. The van der Waals surface area contributed by atoms with Crippen LogP contribution in [0.25, 0.3) is 0 Å². The smallest absolute Gasteiger partial charge is 0.143 e. The van der Waals surface area contributed by atoms with Gasteiger partial charge in [-0.3, -0.25) is 4.98 Å². The van der Waals surface area contributed by atoms with E-state index in [1.54, 1.807) is 13.3 Å². The van der Waals surface area contributed by atoms with Crippen molar-refractivity contribution in [1.82, 2.24) is 4.98 Å². The van der Waals surface area contributed by atoms with Crippen molar-refractivity contribution in [3.8, 4) is 5.75 Å². The average molecular weight is 193 g/mol. The molecule has 14 heavy (non-hydrogen) atoms. The molecular formula is C11H15NO2. The molecule has 0 radical (unpaired) electrons. The number of pyridine rings is 1. The maximum absolute atomic E-state index is 10.0. The van der Waals surface area contributed by atoms with Gasteiger partial charge in [-0.15, -0.1) is 0 Å². The standard InChI is InChI=1S/C11H15NO2/c1-7-6-8(7)11(13)10-9(14-2)4-3-5-12-10/h3-5,7-8,11,13H,6H2,1-2H3. The largest absolute Gasteiger partial charge is 0.495 e. The van der Waals surface area contributed by atoms with Gasteiger partial charge in [-0.2, -0.15) is 0 Å². The fraction of sp³-hybridized carbons (Fsp3) is 0.545. The zero-order valence-corrected chi connectivity index (χ0v) is 8.47. The molecule has 3 unspecified atom stereocenters. The number of hydrogen-bond acceptors (Lipinski definition) is 3. The van der Waals surface area contributed by atoms with E-state index in [0.717, 1.165) is 6.42 Å². The summed E-state index contributed by atoms with van der Waals surface area (Å²) in [6, 6.07) is 3.64. The quantitative estimate of drug-likeness (QED) is 0.795. The van der Waals surface area contributed by atoms with Crippen molar-refractivity contribution in [3.63, 3.8) is 0 Å². The normalized spacial score (nSPS) is 27.1. The van der Waals surface area contributed by atoms with Gasteiger partial charge in [-0.1, -0.05) is 6.92 Å². The highest BCUT2D eigenvalue weighted by Gasteiger charge is 2.40. The third-order valence-electron chi connectivity index (χ3n) is 2.88. The van der Waals surface area contributed by atoms with Crippen molar-refractivity contribution in [2.75, 3.05) is 7.11 Å². The summed E-state index contributed by atoms with van der Waals surface area (Å²) in [5.74, 6) is 1.65. The molecule has 1 saturated carbocycles. The molecule has 0 bridgehead atoms. The van der Waals surface area contributed by atoms with Gasteiger partial charge in [0.2, 0.25) is 0 Å². The molecule has 1 aromatic heterocycles. The summed E-state index contributed by atoms with van der Waals surface area (Å²) in [5.41, 5.74) is 0.671. The van der Waals surface area contributed by atoms with Crippen LogP contribution in [0, 0.1) is 11.8 Å². The number of hydrogen-bond donors (Lipinski definition) is 1. The second kappa shape index (κ2) is 3.58. The molecule has 76 valence electrons. The first-order valence-electron chi connectivity index (χ1n) is 4.91. The summed E-state index contributed by atoms with van der Waals surface area (Å²) in [7, 11) is 1.60. The van der Waals surface area contributed by atoms with Crippen LogP contribution < -0.4 is 4.74 Å². The third-order valence-corrected chi connectivity index (χ3v) is 2.88. The molecule has 0 amide bonds. The minimum atomic E-state index is -0.471. The molecule has 0 aliphatic heterocycles. The summed E-state index contributed by atoms with van der Waals surface area (Å²) in [5, 5.41) is 10.0. The van der Waals surface area contributed by atoms with E-state index in [0.29, 0.717) is 23.3 Å². The first kappa shape index (κ1) is 9.46. The van der Waals surface area contributed by atoms with Crippen molar-refractivity contribution < 1.29 is 9.84 Å². The first-order chi connectivity index (χ1) is 6.74. The topological polar surface area (TPSA) is 42.4 Å². The van der Waals surface area contributed by atoms with Gasteiger partial charge in [0.05, 0.1) is 7.11 Å². The van der Waals surface area contributed by atoms with Gasteiger partial charge in [0.25, 0.3) is 0 Å². The molecule has 0 saturated heterocycles. The van der Waals surface area contributed by atoms with E-state index < -0.39 is 6.10 Å². The number of aromatic nitrogens is 1. The first-order valence-corrected chi connectivity index (χ1v) is 4.91. The number of ether oxygens (including phenoxy) is 1. The number of methoxy groups -OCH3 is 1. The van der Waals surface area contributed by atoms with Gasteiger partial charge in [0, 0.05) is 6.20 Å². The van der Waals surface area contributed by atoms with Gasteiger partial charge in [-0.05, 0) is 30.4 Å².